The van der Waals surface area contributed by atoms with Gasteiger partial charge in [0.15, 0.2) is 4.96 Å². The number of aromatic nitrogens is 2. The third-order valence-electron chi connectivity index (χ3n) is 3.83. The highest BCUT2D eigenvalue weighted by Crippen LogP contribution is 2.27. The molecule has 3 heterocycles. The van der Waals surface area contributed by atoms with Crippen molar-refractivity contribution in [3.05, 3.63) is 50.3 Å². The molecule has 0 atom stereocenters. The molecule has 0 amide bonds. The number of thioether (sulfide) groups is 1. The molecular weight excluding hydrogens is 314 g/mol. The van der Waals surface area contributed by atoms with E-state index in [0.29, 0.717) is 0 Å². The highest BCUT2D eigenvalue weighted by molar-refractivity contribution is 8.03. The van der Waals surface area contributed by atoms with Crippen LogP contribution in [0.5, 0.6) is 0 Å². The fraction of sp³-hybridized carbons (Fsp3) is 0.250. The summed E-state index contributed by atoms with van der Waals surface area (Å²) in [6.07, 6.45) is 4.00. The van der Waals surface area contributed by atoms with E-state index in [1.54, 1.807) is 4.40 Å². The molecule has 112 valence electrons. The Morgan fingerprint density at radius 2 is 2.18 bits per heavy atom. The van der Waals surface area contributed by atoms with Gasteiger partial charge >= 0.3 is 0 Å². The van der Waals surface area contributed by atoms with Gasteiger partial charge in [-0.3, -0.25) is 4.79 Å². The van der Waals surface area contributed by atoms with Crippen LogP contribution in [0.15, 0.2) is 40.2 Å². The van der Waals surface area contributed by atoms with Crippen molar-refractivity contribution < 1.29 is 0 Å². The number of fused-ring (bicyclic) bond motifs is 3. The Balaban J connectivity index is 1.86. The predicted molar refractivity (Wildman–Crippen MR) is 94.3 cm³/mol. The van der Waals surface area contributed by atoms with Gasteiger partial charge < -0.3 is 4.90 Å². The van der Waals surface area contributed by atoms with Crippen LogP contribution in [0.2, 0.25) is 0 Å². The van der Waals surface area contributed by atoms with Crippen molar-refractivity contribution in [1.82, 2.24) is 14.3 Å². The number of hydrogen-bond donors (Lipinski definition) is 0. The maximum Gasteiger partial charge on any atom is 0.274 e. The number of rotatable bonds is 2. The average Bonchev–Trinajstić information content (AvgIpc) is 3.20. The second kappa shape index (κ2) is 5.44. The lowest BCUT2D eigenvalue weighted by atomic mass is 10.3. The van der Waals surface area contributed by atoms with Gasteiger partial charge in [0.05, 0.1) is 20.6 Å². The minimum absolute atomic E-state index is 0.0246. The van der Waals surface area contributed by atoms with Crippen molar-refractivity contribution in [2.45, 2.75) is 6.92 Å². The van der Waals surface area contributed by atoms with E-state index in [-0.39, 0.29) is 5.56 Å². The number of thiazole rings is 1. The summed E-state index contributed by atoms with van der Waals surface area (Å²) in [4.78, 5) is 20.2. The molecule has 4 nitrogen and oxygen atoms in total. The molecule has 3 aromatic rings. The first kappa shape index (κ1) is 13.8. The smallest absolute Gasteiger partial charge is 0.274 e. The van der Waals surface area contributed by atoms with Crippen LogP contribution < -0.4 is 10.1 Å². The summed E-state index contributed by atoms with van der Waals surface area (Å²) in [6, 6.07) is 7.76. The van der Waals surface area contributed by atoms with Gasteiger partial charge in [0.25, 0.3) is 5.56 Å². The average molecular weight is 329 g/mol. The van der Waals surface area contributed by atoms with Gasteiger partial charge in [-0.25, -0.2) is 9.38 Å². The molecule has 22 heavy (non-hydrogen) atoms. The van der Waals surface area contributed by atoms with E-state index in [1.165, 1.54) is 16.4 Å². The molecule has 6 heteroatoms. The van der Waals surface area contributed by atoms with E-state index in [2.05, 4.69) is 22.9 Å². The van der Waals surface area contributed by atoms with Crippen LogP contribution in [0.3, 0.4) is 0 Å². The molecule has 0 aliphatic carbocycles. The molecule has 2 aromatic heterocycles. The van der Waals surface area contributed by atoms with Crippen LogP contribution in [0.4, 0.5) is 0 Å². The molecule has 1 aromatic carbocycles. The lowest BCUT2D eigenvalue weighted by Crippen LogP contribution is -2.22. The number of para-hydroxylation sites is 2. The Kier molecular flexibility index (Phi) is 3.43. The highest BCUT2D eigenvalue weighted by Gasteiger charge is 2.15. The molecule has 0 unspecified atom stereocenters. The first-order chi connectivity index (χ1) is 10.8. The molecule has 0 spiro atoms. The first-order valence-electron chi connectivity index (χ1n) is 7.27. The van der Waals surface area contributed by atoms with Gasteiger partial charge in [-0.05, 0) is 31.2 Å². The standard InChI is InChI=1S/C16H15N3OS2/c1-2-18-9-10-21-14(18)8-7-13-15(20)19-12-6-4-3-5-11(12)17-16(19)22-13/h3-8H,2,9-10H2,1H3/b13-7+,14-8-. The summed E-state index contributed by atoms with van der Waals surface area (Å²) < 4.78 is 2.45. The number of imidazole rings is 1. The van der Waals surface area contributed by atoms with Crippen LogP contribution in [-0.2, 0) is 0 Å². The van der Waals surface area contributed by atoms with Crippen LogP contribution in [-0.4, -0.2) is 33.1 Å². The van der Waals surface area contributed by atoms with E-state index < -0.39 is 0 Å². The molecular formula is C16H15N3OS2. The van der Waals surface area contributed by atoms with Crippen LogP contribution in [0.25, 0.3) is 22.1 Å². The quantitative estimate of drug-likeness (QED) is 0.723. The van der Waals surface area contributed by atoms with Crippen LogP contribution >= 0.6 is 23.1 Å². The van der Waals surface area contributed by atoms with E-state index in [0.717, 1.165) is 39.4 Å². The fourth-order valence-corrected chi connectivity index (χ4v) is 4.72. The van der Waals surface area contributed by atoms with Gasteiger partial charge in [0, 0.05) is 18.8 Å². The zero-order valence-electron chi connectivity index (χ0n) is 12.2. The highest BCUT2D eigenvalue weighted by atomic mass is 32.2. The summed E-state index contributed by atoms with van der Waals surface area (Å²) in [5.41, 5.74) is 1.78. The Morgan fingerprint density at radius 3 is 3.05 bits per heavy atom. The van der Waals surface area contributed by atoms with Crippen molar-refractivity contribution in [2.75, 3.05) is 18.8 Å². The summed E-state index contributed by atoms with van der Waals surface area (Å²) in [7, 11) is 0. The number of hydrogen-bond acceptors (Lipinski definition) is 5. The lowest BCUT2D eigenvalue weighted by molar-refractivity contribution is 0.426. The molecule has 1 aliphatic rings. The second-order valence-electron chi connectivity index (χ2n) is 5.09. The van der Waals surface area contributed by atoms with Crippen LogP contribution in [0.1, 0.15) is 6.92 Å². The maximum atomic E-state index is 12.6. The van der Waals surface area contributed by atoms with Gasteiger partial charge in [-0.1, -0.05) is 23.5 Å². The summed E-state index contributed by atoms with van der Waals surface area (Å²) in [5, 5.41) is 1.25. The van der Waals surface area contributed by atoms with Crippen molar-refractivity contribution in [1.29, 1.82) is 0 Å². The Labute approximate surface area is 135 Å². The van der Waals surface area contributed by atoms with Crippen molar-refractivity contribution >= 4 is 45.2 Å². The van der Waals surface area contributed by atoms with E-state index in [9.17, 15) is 4.79 Å². The lowest BCUT2D eigenvalue weighted by Gasteiger charge is -2.14. The topological polar surface area (TPSA) is 37.6 Å². The zero-order chi connectivity index (χ0) is 15.1. The Morgan fingerprint density at radius 1 is 1.32 bits per heavy atom. The third kappa shape index (κ3) is 2.14. The second-order valence-corrected chi connectivity index (χ2v) is 7.21. The monoisotopic (exact) mass is 329 g/mol. The molecule has 0 N–H and O–H groups in total. The molecule has 1 fully saturated rings. The fourth-order valence-electron chi connectivity index (χ4n) is 2.70. The van der Waals surface area contributed by atoms with Gasteiger partial charge in [-0.15, -0.1) is 11.8 Å². The molecule has 0 bridgehead atoms. The van der Waals surface area contributed by atoms with Gasteiger partial charge in [0.2, 0.25) is 0 Å². The van der Waals surface area contributed by atoms with Crippen molar-refractivity contribution in [3.8, 4) is 0 Å². The van der Waals surface area contributed by atoms with Crippen LogP contribution in [0, 0.1) is 0 Å². The minimum Gasteiger partial charge on any atom is -0.366 e. The maximum absolute atomic E-state index is 12.6. The molecule has 4 rings (SSSR count). The molecule has 1 saturated heterocycles. The van der Waals surface area contributed by atoms with Gasteiger partial charge in [-0.2, -0.15) is 0 Å². The van der Waals surface area contributed by atoms with E-state index in [4.69, 9.17) is 0 Å². The predicted octanol–water partition coefficient (Wildman–Crippen LogP) is 2.32. The first-order valence-corrected chi connectivity index (χ1v) is 9.08. The third-order valence-corrected chi connectivity index (χ3v) is 5.89. The molecule has 1 aliphatic heterocycles. The number of benzene rings is 1. The number of allylic oxidation sites excluding steroid dienone is 1. The SMILES string of the molecule is CCN1CCS/C1=C\C=c1\sc2nc3ccccc3n2c1=O. The van der Waals surface area contributed by atoms with Gasteiger partial charge in [0.1, 0.15) is 0 Å². The van der Waals surface area contributed by atoms with Crippen molar-refractivity contribution in [3.63, 3.8) is 0 Å². The van der Waals surface area contributed by atoms with E-state index in [1.807, 2.05) is 42.1 Å². The Bertz CT molecular complexity index is 986. The molecule has 0 saturated carbocycles. The zero-order valence-corrected chi connectivity index (χ0v) is 13.8. The normalized spacial score (nSPS) is 18.3. The largest absolute Gasteiger partial charge is 0.366 e. The minimum atomic E-state index is 0.0246. The van der Waals surface area contributed by atoms with E-state index >= 15 is 0 Å². The Hall–Kier alpha value is -1.79. The summed E-state index contributed by atoms with van der Waals surface area (Å²) in [5.74, 6) is 1.12. The van der Waals surface area contributed by atoms with Crippen molar-refractivity contribution in [2.24, 2.45) is 0 Å². The summed E-state index contributed by atoms with van der Waals surface area (Å²) >= 11 is 3.30. The number of nitrogens with zero attached hydrogens (tertiary/aromatic N) is 3. The molecule has 0 radical (unpaired) electrons. The summed E-state index contributed by atoms with van der Waals surface area (Å²) in [6.45, 7) is 4.25.